The van der Waals surface area contributed by atoms with Crippen LogP contribution in [0.1, 0.15) is 45.5 Å². The Hall–Kier alpha value is -1.39. The molecule has 0 radical (unpaired) electrons. The summed E-state index contributed by atoms with van der Waals surface area (Å²) in [5, 5.41) is 38.1. The third kappa shape index (κ3) is 5.79. The van der Waals surface area contributed by atoms with Gasteiger partial charge in [-0.15, -0.1) is 5.10 Å². The van der Waals surface area contributed by atoms with Crippen molar-refractivity contribution >= 4 is 5.78 Å². The maximum atomic E-state index is 11.6. The Bertz CT molecular complexity index is 608. The van der Waals surface area contributed by atoms with Crippen LogP contribution in [0.4, 0.5) is 0 Å². The minimum absolute atomic E-state index is 0.428. The summed E-state index contributed by atoms with van der Waals surface area (Å²) < 4.78 is 6.78. The second-order valence-electron chi connectivity index (χ2n) is 7.81. The molecule has 1 aliphatic heterocycles. The first-order valence-corrected chi connectivity index (χ1v) is 9.50. The molecule has 0 aromatic carbocycles. The number of carbonyl (C=O) groups excluding carboxylic acids is 1. The molecule has 27 heavy (non-hydrogen) atoms. The lowest BCUT2D eigenvalue weighted by molar-refractivity contribution is -0.242. The smallest absolute Gasteiger partial charge is 0.181 e. The van der Waals surface area contributed by atoms with E-state index in [4.69, 9.17) is 4.74 Å². The van der Waals surface area contributed by atoms with Crippen molar-refractivity contribution in [1.82, 2.24) is 19.9 Å². The molecule has 0 aliphatic carbocycles. The van der Waals surface area contributed by atoms with Gasteiger partial charge in [-0.2, -0.15) is 0 Å². The number of ketones is 1. The molecular weight excluding hydrogens is 352 g/mol. The van der Waals surface area contributed by atoms with Crippen LogP contribution in [0, 0.1) is 5.92 Å². The summed E-state index contributed by atoms with van der Waals surface area (Å²) in [6.45, 7) is 7.68. The lowest BCUT2D eigenvalue weighted by Gasteiger charge is -2.39. The van der Waals surface area contributed by atoms with Crippen LogP contribution in [0.3, 0.4) is 0 Å². The fourth-order valence-electron chi connectivity index (χ4n) is 3.09. The van der Waals surface area contributed by atoms with Crippen molar-refractivity contribution in [2.24, 2.45) is 5.92 Å². The van der Waals surface area contributed by atoms with Gasteiger partial charge in [0.2, 0.25) is 0 Å². The summed E-state index contributed by atoms with van der Waals surface area (Å²) >= 11 is 0. The maximum absolute atomic E-state index is 11.6. The predicted molar refractivity (Wildman–Crippen MR) is 97.9 cm³/mol. The monoisotopic (exact) mass is 384 g/mol. The van der Waals surface area contributed by atoms with Gasteiger partial charge in [0, 0.05) is 0 Å². The highest BCUT2D eigenvalue weighted by atomic mass is 16.6. The summed E-state index contributed by atoms with van der Waals surface area (Å²) in [5.41, 5.74) is 0.739. The molecule has 3 N–H and O–H groups in total. The van der Waals surface area contributed by atoms with Gasteiger partial charge in [-0.1, -0.05) is 19.1 Å². The molecule has 154 valence electrons. The van der Waals surface area contributed by atoms with Gasteiger partial charge in [0.15, 0.2) is 12.0 Å². The van der Waals surface area contributed by atoms with Crippen LogP contribution in [0.5, 0.6) is 0 Å². The van der Waals surface area contributed by atoms with E-state index in [1.807, 2.05) is 0 Å². The van der Waals surface area contributed by atoms with E-state index in [1.54, 1.807) is 6.20 Å². The van der Waals surface area contributed by atoms with Crippen LogP contribution in [0.25, 0.3) is 0 Å². The molecule has 2 rings (SSSR count). The molecule has 0 saturated carbocycles. The number of aromatic nitrogens is 3. The number of nitrogens with zero attached hydrogens (tertiary/aromatic N) is 4. The van der Waals surface area contributed by atoms with E-state index in [1.165, 1.54) is 11.6 Å². The number of hydrogen-bond acceptors (Lipinski definition) is 8. The zero-order valence-corrected chi connectivity index (χ0v) is 16.5. The Balaban J connectivity index is 1.91. The predicted octanol–water partition coefficient (Wildman–Crippen LogP) is -0.242. The first kappa shape index (κ1) is 21.9. The van der Waals surface area contributed by atoms with Crippen LogP contribution in [0.15, 0.2) is 6.20 Å². The first-order valence-electron chi connectivity index (χ1n) is 9.50. The van der Waals surface area contributed by atoms with Crippen LogP contribution in [-0.4, -0.2) is 85.5 Å². The Morgan fingerprint density at radius 1 is 1.26 bits per heavy atom. The van der Waals surface area contributed by atoms with E-state index < -0.39 is 36.4 Å². The van der Waals surface area contributed by atoms with Crippen molar-refractivity contribution in [2.45, 2.75) is 70.7 Å². The van der Waals surface area contributed by atoms with Crippen molar-refractivity contribution in [3.63, 3.8) is 0 Å². The number of Topliss-reactive ketones (excluding diaryl/α,β-unsaturated/α-hetero) is 1. The van der Waals surface area contributed by atoms with Crippen LogP contribution >= 0.6 is 0 Å². The highest BCUT2D eigenvalue weighted by molar-refractivity contribution is 5.81. The second kappa shape index (κ2) is 9.70. The minimum atomic E-state index is -1.50. The van der Waals surface area contributed by atoms with E-state index in [-0.39, 0.29) is 0 Å². The van der Waals surface area contributed by atoms with Gasteiger partial charge in [0.05, 0.1) is 11.9 Å². The minimum Gasteiger partial charge on any atom is -0.387 e. The quantitative estimate of drug-likeness (QED) is 0.533. The van der Waals surface area contributed by atoms with Gasteiger partial charge >= 0.3 is 0 Å². The molecule has 0 amide bonds. The fourth-order valence-corrected chi connectivity index (χ4v) is 3.09. The molecule has 2 heterocycles. The highest BCUT2D eigenvalue weighted by Crippen LogP contribution is 2.28. The molecule has 9 heteroatoms. The molecule has 0 bridgehead atoms. The maximum Gasteiger partial charge on any atom is 0.181 e. The van der Waals surface area contributed by atoms with Gasteiger partial charge in [-0.25, -0.2) is 4.68 Å². The van der Waals surface area contributed by atoms with E-state index in [2.05, 4.69) is 36.1 Å². The number of aliphatic hydroxyl groups excluding tert-OH is 3. The van der Waals surface area contributed by atoms with E-state index in [0.29, 0.717) is 5.92 Å². The van der Waals surface area contributed by atoms with E-state index in [9.17, 15) is 20.1 Å². The van der Waals surface area contributed by atoms with Gasteiger partial charge in [0.25, 0.3) is 0 Å². The van der Waals surface area contributed by atoms with E-state index in [0.717, 1.165) is 38.0 Å². The number of hydrogen-bond donors (Lipinski definition) is 3. The third-order valence-electron chi connectivity index (χ3n) is 4.87. The Morgan fingerprint density at radius 2 is 1.96 bits per heavy atom. The van der Waals surface area contributed by atoms with Gasteiger partial charge in [0.1, 0.15) is 24.4 Å². The molecule has 0 spiro atoms. The zero-order chi connectivity index (χ0) is 20.1. The molecule has 5 unspecified atom stereocenters. The average molecular weight is 384 g/mol. The Kier molecular flexibility index (Phi) is 7.87. The van der Waals surface area contributed by atoms with Crippen molar-refractivity contribution in [3.05, 3.63) is 11.9 Å². The topological polar surface area (TPSA) is 121 Å². The molecule has 1 aliphatic rings. The Labute approximate surface area is 159 Å². The van der Waals surface area contributed by atoms with Crippen LogP contribution in [0.2, 0.25) is 0 Å². The standard InChI is InChI=1S/C18H32N4O5/c1-11(2)7-9-21(4)8-5-6-13-10-22(20-19-13)18-16(26)14(24)15(25)17(27-18)12(3)23/h10-11,14-18,24-26H,5-9H2,1-4H3. The number of rotatable bonds is 9. The van der Waals surface area contributed by atoms with Crippen molar-refractivity contribution in [2.75, 3.05) is 20.1 Å². The first-order chi connectivity index (χ1) is 12.7. The number of aryl methyl sites for hydroxylation is 1. The summed E-state index contributed by atoms with van der Waals surface area (Å²) in [7, 11) is 2.10. The molecular formula is C18H32N4O5. The van der Waals surface area contributed by atoms with E-state index >= 15 is 0 Å². The lowest BCUT2D eigenvalue weighted by atomic mass is 9.96. The Morgan fingerprint density at radius 3 is 2.59 bits per heavy atom. The summed E-state index contributed by atoms with van der Waals surface area (Å²) in [6.07, 6.45) is -2.23. The largest absolute Gasteiger partial charge is 0.387 e. The van der Waals surface area contributed by atoms with Crippen molar-refractivity contribution in [1.29, 1.82) is 0 Å². The zero-order valence-electron chi connectivity index (χ0n) is 16.5. The number of aliphatic hydroxyl groups is 3. The van der Waals surface area contributed by atoms with Crippen LogP contribution in [-0.2, 0) is 16.0 Å². The molecule has 1 aromatic heterocycles. The summed E-state index contributed by atoms with van der Waals surface area (Å²) in [6, 6.07) is 0. The number of carbonyl (C=O) groups is 1. The SMILES string of the molecule is CC(=O)C1OC(n2cc(CCCN(C)CCC(C)C)nn2)C(O)C(O)C1O. The van der Waals surface area contributed by atoms with Gasteiger partial charge in [-0.3, -0.25) is 4.79 Å². The fraction of sp³-hybridized carbons (Fsp3) is 0.833. The second-order valence-corrected chi connectivity index (χ2v) is 7.81. The highest BCUT2D eigenvalue weighted by Gasteiger charge is 2.46. The number of ether oxygens (including phenoxy) is 1. The molecule has 1 fully saturated rings. The van der Waals surface area contributed by atoms with Crippen molar-refractivity contribution in [3.8, 4) is 0 Å². The molecule has 9 nitrogen and oxygen atoms in total. The molecule has 5 atom stereocenters. The third-order valence-corrected chi connectivity index (χ3v) is 4.87. The normalized spacial score (nSPS) is 28.9. The van der Waals surface area contributed by atoms with Crippen molar-refractivity contribution < 1.29 is 24.9 Å². The summed E-state index contributed by atoms with van der Waals surface area (Å²) in [4.78, 5) is 13.9. The summed E-state index contributed by atoms with van der Waals surface area (Å²) in [5.74, 6) is 0.255. The molecule has 1 aromatic rings. The lowest BCUT2D eigenvalue weighted by Crippen LogP contribution is -2.57. The van der Waals surface area contributed by atoms with Gasteiger partial charge < -0.3 is 25.0 Å². The molecule has 1 saturated heterocycles. The van der Waals surface area contributed by atoms with Gasteiger partial charge in [-0.05, 0) is 52.2 Å². The van der Waals surface area contributed by atoms with Crippen LogP contribution < -0.4 is 0 Å². The average Bonchev–Trinajstić information content (AvgIpc) is 3.06.